The zero-order valence-electron chi connectivity index (χ0n) is 13.3. The van der Waals surface area contributed by atoms with Crippen LogP contribution in [0.4, 0.5) is 0 Å². The minimum absolute atomic E-state index is 0.223. The van der Waals surface area contributed by atoms with E-state index in [0.717, 1.165) is 32.0 Å². The molecule has 0 aromatic heterocycles. The summed E-state index contributed by atoms with van der Waals surface area (Å²) in [7, 11) is 2.00. The van der Waals surface area contributed by atoms with Crippen LogP contribution in [0, 0.1) is 17.8 Å². The predicted molar refractivity (Wildman–Crippen MR) is 82.6 cm³/mol. The molecule has 1 saturated heterocycles. The van der Waals surface area contributed by atoms with E-state index in [1.54, 1.807) is 0 Å². The molecule has 0 aromatic rings. The summed E-state index contributed by atoms with van der Waals surface area (Å²) in [5.41, 5.74) is 0. The van der Waals surface area contributed by atoms with Gasteiger partial charge in [-0.15, -0.1) is 0 Å². The summed E-state index contributed by atoms with van der Waals surface area (Å²) in [6.45, 7) is 8.37. The van der Waals surface area contributed by atoms with E-state index in [4.69, 9.17) is 0 Å². The van der Waals surface area contributed by atoms with Crippen LogP contribution in [0.15, 0.2) is 0 Å². The van der Waals surface area contributed by atoms with Crippen LogP contribution < -0.4 is 10.6 Å². The molecule has 0 radical (unpaired) electrons. The molecule has 1 heterocycles. The number of rotatable bonds is 5. The Balaban J connectivity index is 1.73. The highest BCUT2D eigenvalue weighted by Crippen LogP contribution is 2.29. The smallest absolute Gasteiger partial charge is 0.234 e. The Labute approximate surface area is 123 Å². The monoisotopic (exact) mass is 281 g/mol. The third-order valence-electron chi connectivity index (χ3n) is 5.28. The normalized spacial score (nSPS) is 35.1. The number of amides is 1. The maximum absolute atomic E-state index is 12.2. The maximum atomic E-state index is 12.2. The fraction of sp³-hybridized carbons (Fsp3) is 0.938. The molecule has 0 spiro atoms. The molecule has 2 aliphatic rings. The van der Waals surface area contributed by atoms with Gasteiger partial charge in [0, 0.05) is 12.6 Å². The highest BCUT2D eigenvalue weighted by atomic mass is 16.2. The van der Waals surface area contributed by atoms with Crippen LogP contribution in [0.2, 0.25) is 0 Å². The second kappa shape index (κ2) is 7.41. The quantitative estimate of drug-likeness (QED) is 0.802. The van der Waals surface area contributed by atoms with Gasteiger partial charge in [0.25, 0.3) is 0 Å². The average Bonchev–Trinajstić information content (AvgIpc) is 2.83. The topological polar surface area (TPSA) is 44.4 Å². The van der Waals surface area contributed by atoms with Crippen LogP contribution in [0.25, 0.3) is 0 Å². The summed E-state index contributed by atoms with van der Waals surface area (Å²) in [6.07, 6.45) is 4.93. The van der Waals surface area contributed by atoms with Crippen molar-refractivity contribution in [2.75, 3.05) is 33.2 Å². The summed E-state index contributed by atoms with van der Waals surface area (Å²) in [4.78, 5) is 14.5. The molecule has 2 N–H and O–H groups in total. The highest BCUT2D eigenvalue weighted by Gasteiger charge is 2.29. The molecule has 1 aliphatic heterocycles. The number of carbonyl (C=O) groups is 1. The van der Waals surface area contributed by atoms with E-state index >= 15 is 0 Å². The molecular formula is C16H31N3O. The standard InChI is InChI=1S/C16H31N3O/c1-12-5-4-6-15(13(12)2)18-16(20)11-19-8-7-14(10-19)9-17-3/h12-15,17H,4-11H2,1-3H3,(H,18,20). The van der Waals surface area contributed by atoms with Gasteiger partial charge in [0.05, 0.1) is 6.54 Å². The Morgan fingerprint density at radius 1 is 1.25 bits per heavy atom. The number of nitrogens with zero attached hydrogens (tertiary/aromatic N) is 1. The van der Waals surface area contributed by atoms with Crippen LogP contribution in [0.3, 0.4) is 0 Å². The van der Waals surface area contributed by atoms with Crippen molar-refractivity contribution in [2.24, 2.45) is 17.8 Å². The molecule has 116 valence electrons. The van der Waals surface area contributed by atoms with Gasteiger partial charge in [-0.1, -0.05) is 26.7 Å². The van der Waals surface area contributed by atoms with E-state index in [0.29, 0.717) is 24.4 Å². The number of hydrogen-bond acceptors (Lipinski definition) is 3. The first kappa shape index (κ1) is 15.8. The van der Waals surface area contributed by atoms with Crippen LogP contribution in [0.1, 0.15) is 39.5 Å². The van der Waals surface area contributed by atoms with Gasteiger partial charge in [0.15, 0.2) is 0 Å². The summed E-state index contributed by atoms with van der Waals surface area (Å²) >= 11 is 0. The molecule has 2 rings (SSSR count). The molecule has 1 amide bonds. The number of hydrogen-bond donors (Lipinski definition) is 2. The zero-order valence-corrected chi connectivity index (χ0v) is 13.3. The van der Waals surface area contributed by atoms with Crippen molar-refractivity contribution >= 4 is 5.91 Å². The molecule has 20 heavy (non-hydrogen) atoms. The van der Waals surface area contributed by atoms with Gasteiger partial charge in [-0.25, -0.2) is 0 Å². The maximum Gasteiger partial charge on any atom is 0.234 e. The lowest BCUT2D eigenvalue weighted by Gasteiger charge is -2.35. The largest absolute Gasteiger partial charge is 0.352 e. The van der Waals surface area contributed by atoms with Crippen LogP contribution in [0.5, 0.6) is 0 Å². The van der Waals surface area contributed by atoms with E-state index in [2.05, 4.69) is 29.4 Å². The molecule has 1 saturated carbocycles. The van der Waals surface area contributed by atoms with Crippen molar-refractivity contribution in [2.45, 2.75) is 45.6 Å². The lowest BCUT2D eigenvalue weighted by Crippen LogP contribution is -2.47. The molecule has 0 aromatic carbocycles. The minimum atomic E-state index is 0.223. The number of likely N-dealkylation sites (tertiary alicyclic amines) is 1. The molecular weight excluding hydrogens is 250 g/mol. The Morgan fingerprint density at radius 3 is 2.80 bits per heavy atom. The predicted octanol–water partition coefficient (Wildman–Crippen LogP) is 1.47. The Hall–Kier alpha value is -0.610. The molecule has 0 bridgehead atoms. The Kier molecular flexibility index (Phi) is 5.85. The van der Waals surface area contributed by atoms with Crippen molar-refractivity contribution in [3.05, 3.63) is 0 Å². The third kappa shape index (κ3) is 4.19. The van der Waals surface area contributed by atoms with Crippen LogP contribution >= 0.6 is 0 Å². The van der Waals surface area contributed by atoms with Crippen molar-refractivity contribution in [3.8, 4) is 0 Å². The second-order valence-electron chi connectivity index (χ2n) is 6.89. The van der Waals surface area contributed by atoms with E-state index in [9.17, 15) is 4.79 Å². The summed E-state index contributed by atoms with van der Waals surface area (Å²) < 4.78 is 0. The fourth-order valence-electron chi connectivity index (χ4n) is 3.75. The first-order valence-electron chi connectivity index (χ1n) is 8.26. The van der Waals surface area contributed by atoms with Gasteiger partial charge in [-0.2, -0.15) is 0 Å². The van der Waals surface area contributed by atoms with E-state index < -0.39 is 0 Å². The zero-order chi connectivity index (χ0) is 14.5. The van der Waals surface area contributed by atoms with Crippen molar-refractivity contribution in [1.29, 1.82) is 0 Å². The molecule has 4 atom stereocenters. The average molecular weight is 281 g/mol. The fourth-order valence-corrected chi connectivity index (χ4v) is 3.75. The molecule has 4 nitrogen and oxygen atoms in total. The van der Waals surface area contributed by atoms with Gasteiger partial charge in [0.2, 0.25) is 5.91 Å². The Morgan fingerprint density at radius 2 is 2.05 bits per heavy atom. The van der Waals surface area contributed by atoms with Crippen LogP contribution in [-0.4, -0.2) is 50.1 Å². The van der Waals surface area contributed by atoms with Gasteiger partial charge >= 0.3 is 0 Å². The van der Waals surface area contributed by atoms with Crippen molar-refractivity contribution in [1.82, 2.24) is 15.5 Å². The molecule has 4 unspecified atom stereocenters. The summed E-state index contributed by atoms with van der Waals surface area (Å²) in [5.74, 6) is 2.28. The molecule has 4 heteroatoms. The minimum Gasteiger partial charge on any atom is -0.352 e. The van der Waals surface area contributed by atoms with Gasteiger partial charge in [-0.3, -0.25) is 9.69 Å². The first-order valence-corrected chi connectivity index (χ1v) is 8.26. The Bertz CT molecular complexity index is 321. The van der Waals surface area contributed by atoms with Gasteiger partial charge in [0.1, 0.15) is 0 Å². The highest BCUT2D eigenvalue weighted by molar-refractivity contribution is 5.78. The lowest BCUT2D eigenvalue weighted by atomic mass is 9.78. The molecule has 2 fully saturated rings. The van der Waals surface area contributed by atoms with Crippen LogP contribution in [-0.2, 0) is 4.79 Å². The number of carbonyl (C=O) groups excluding carboxylic acids is 1. The number of nitrogens with one attached hydrogen (secondary N) is 2. The van der Waals surface area contributed by atoms with E-state index in [1.807, 2.05) is 7.05 Å². The third-order valence-corrected chi connectivity index (χ3v) is 5.28. The molecule has 1 aliphatic carbocycles. The SMILES string of the molecule is CNCC1CCN(CC(=O)NC2CCCC(C)C2C)C1. The second-order valence-corrected chi connectivity index (χ2v) is 6.89. The van der Waals surface area contributed by atoms with E-state index in [-0.39, 0.29) is 5.91 Å². The van der Waals surface area contributed by atoms with Crippen molar-refractivity contribution in [3.63, 3.8) is 0 Å². The lowest BCUT2D eigenvalue weighted by molar-refractivity contribution is -0.123. The summed E-state index contributed by atoms with van der Waals surface area (Å²) in [6, 6.07) is 0.391. The van der Waals surface area contributed by atoms with Gasteiger partial charge in [-0.05, 0) is 50.7 Å². The van der Waals surface area contributed by atoms with Crippen molar-refractivity contribution < 1.29 is 4.79 Å². The summed E-state index contributed by atoms with van der Waals surface area (Å²) in [5, 5.41) is 6.51. The van der Waals surface area contributed by atoms with E-state index in [1.165, 1.54) is 19.3 Å². The first-order chi connectivity index (χ1) is 9.60. The van der Waals surface area contributed by atoms with Gasteiger partial charge < -0.3 is 10.6 Å².